The molecule has 3 nitrogen and oxygen atoms in total. The van der Waals surface area contributed by atoms with Crippen LogP contribution >= 0.6 is 0 Å². The fraction of sp³-hybridized carbons (Fsp3) is 1.00. The van der Waals surface area contributed by atoms with Gasteiger partial charge in [-0.15, -0.1) is 0 Å². The van der Waals surface area contributed by atoms with Crippen molar-refractivity contribution in [3.63, 3.8) is 0 Å². The summed E-state index contributed by atoms with van der Waals surface area (Å²) in [5.74, 6) is 0. The van der Waals surface area contributed by atoms with Gasteiger partial charge < -0.3 is 9.47 Å². The van der Waals surface area contributed by atoms with E-state index in [-0.39, 0.29) is 5.60 Å². The zero-order valence-corrected chi connectivity index (χ0v) is 7.71. The maximum atomic E-state index is 5.33. The fourth-order valence-corrected chi connectivity index (χ4v) is 1.49. The normalized spacial score (nSPS) is 36.8. The van der Waals surface area contributed by atoms with Gasteiger partial charge in [0, 0.05) is 19.6 Å². The Morgan fingerprint density at radius 3 is 2.58 bits per heavy atom. The highest BCUT2D eigenvalue weighted by atomic mass is 16.6. The molecule has 1 atom stereocenters. The molecule has 0 aliphatic carbocycles. The van der Waals surface area contributed by atoms with Crippen LogP contribution < -0.4 is 0 Å². The average molecular weight is 171 g/mol. The van der Waals surface area contributed by atoms with Crippen molar-refractivity contribution >= 4 is 0 Å². The first-order chi connectivity index (χ1) is 5.79. The molecule has 0 aromatic rings. The zero-order chi connectivity index (χ0) is 8.44. The molecule has 0 aromatic carbocycles. The molecule has 3 heteroatoms. The summed E-state index contributed by atoms with van der Waals surface area (Å²) < 4.78 is 10.6. The van der Waals surface area contributed by atoms with Crippen LogP contribution in [0.1, 0.15) is 13.3 Å². The van der Waals surface area contributed by atoms with Crippen LogP contribution in [-0.2, 0) is 9.47 Å². The Hall–Kier alpha value is -0.120. The van der Waals surface area contributed by atoms with Gasteiger partial charge in [0.1, 0.15) is 0 Å². The molecule has 70 valence electrons. The molecular weight excluding hydrogens is 154 g/mol. The predicted octanol–water partition coefficient (Wildman–Crippen LogP) is 0.498. The molecule has 2 aliphatic rings. The molecule has 2 fully saturated rings. The van der Waals surface area contributed by atoms with Crippen LogP contribution in [0, 0.1) is 0 Å². The Morgan fingerprint density at radius 2 is 2.00 bits per heavy atom. The van der Waals surface area contributed by atoms with Crippen molar-refractivity contribution in [1.82, 2.24) is 4.90 Å². The SMILES string of the molecule is CC1(CCN2CCOCC2)CO1. The summed E-state index contributed by atoms with van der Waals surface area (Å²) in [6.45, 7) is 8.30. The van der Waals surface area contributed by atoms with Crippen LogP contribution in [0.3, 0.4) is 0 Å². The number of rotatable bonds is 3. The number of nitrogens with zero attached hydrogens (tertiary/aromatic N) is 1. The van der Waals surface area contributed by atoms with Crippen molar-refractivity contribution in [1.29, 1.82) is 0 Å². The van der Waals surface area contributed by atoms with Crippen molar-refractivity contribution in [2.75, 3.05) is 39.5 Å². The van der Waals surface area contributed by atoms with E-state index in [1.54, 1.807) is 0 Å². The van der Waals surface area contributed by atoms with Crippen LogP contribution in [0.5, 0.6) is 0 Å². The lowest BCUT2D eigenvalue weighted by molar-refractivity contribution is 0.0346. The van der Waals surface area contributed by atoms with E-state index in [1.807, 2.05) is 0 Å². The van der Waals surface area contributed by atoms with Crippen LogP contribution in [0.4, 0.5) is 0 Å². The van der Waals surface area contributed by atoms with Gasteiger partial charge in [0.25, 0.3) is 0 Å². The number of hydrogen-bond acceptors (Lipinski definition) is 3. The molecule has 0 saturated carbocycles. The Bertz CT molecular complexity index is 151. The summed E-state index contributed by atoms with van der Waals surface area (Å²) >= 11 is 0. The summed E-state index contributed by atoms with van der Waals surface area (Å²) in [5, 5.41) is 0. The third-order valence-corrected chi connectivity index (χ3v) is 2.70. The molecule has 0 N–H and O–H groups in total. The molecule has 12 heavy (non-hydrogen) atoms. The Kier molecular flexibility index (Phi) is 2.35. The van der Waals surface area contributed by atoms with Crippen LogP contribution in [0.2, 0.25) is 0 Å². The minimum Gasteiger partial charge on any atom is -0.379 e. The van der Waals surface area contributed by atoms with Gasteiger partial charge >= 0.3 is 0 Å². The van der Waals surface area contributed by atoms with Crippen molar-refractivity contribution in [3.05, 3.63) is 0 Å². The second-order valence-corrected chi connectivity index (χ2v) is 3.94. The third-order valence-electron chi connectivity index (χ3n) is 2.70. The van der Waals surface area contributed by atoms with E-state index in [1.165, 1.54) is 13.0 Å². The van der Waals surface area contributed by atoms with Gasteiger partial charge in [0.2, 0.25) is 0 Å². The maximum Gasteiger partial charge on any atom is 0.0900 e. The molecular formula is C9H17NO2. The summed E-state index contributed by atoms with van der Waals surface area (Å²) in [6, 6.07) is 0. The molecule has 0 bridgehead atoms. The Balaban J connectivity index is 1.65. The van der Waals surface area contributed by atoms with E-state index in [9.17, 15) is 0 Å². The second-order valence-electron chi connectivity index (χ2n) is 3.94. The predicted molar refractivity (Wildman–Crippen MR) is 46.2 cm³/mol. The minimum absolute atomic E-state index is 0.221. The van der Waals surface area contributed by atoms with E-state index in [4.69, 9.17) is 9.47 Å². The molecule has 1 unspecified atom stereocenters. The highest BCUT2D eigenvalue weighted by molar-refractivity contribution is 4.87. The molecule has 0 radical (unpaired) electrons. The minimum atomic E-state index is 0.221. The van der Waals surface area contributed by atoms with Crippen molar-refractivity contribution < 1.29 is 9.47 Å². The molecule has 0 amide bonds. The summed E-state index contributed by atoms with van der Waals surface area (Å²) in [4.78, 5) is 2.45. The van der Waals surface area contributed by atoms with Crippen LogP contribution in [0.15, 0.2) is 0 Å². The monoisotopic (exact) mass is 171 g/mol. The highest BCUT2D eigenvalue weighted by Gasteiger charge is 2.38. The lowest BCUT2D eigenvalue weighted by atomic mass is 10.1. The smallest absolute Gasteiger partial charge is 0.0900 e. The Labute approximate surface area is 73.6 Å². The van der Waals surface area contributed by atoms with Crippen LogP contribution in [0.25, 0.3) is 0 Å². The number of ether oxygens (including phenoxy) is 2. The van der Waals surface area contributed by atoms with Gasteiger partial charge in [-0.2, -0.15) is 0 Å². The molecule has 0 spiro atoms. The van der Waals surface area contributed by atoms with E-state index < -0.39 is 0 Å². The number of morpholine rings is 1. The van der Waals surface area contributed by atoms with Gasteiger partial charge in [-0.1, -0.05) is 0 Å². The van der Waals surface area contributed by atoms with Gasteiger partial charge in [0.05, 0.1) is 25.4 Å². The largest absolute Gasteiger partial charge is 0.379 e. The Morgan fingerprint density at radius 1 is 1.33 bits per heavy atom. The summed E-state index contributed by atoms with van der Waals surface area (Å²) in [5.41, 5.74) is 0.221. The zero-order valence-electron chi connectivity index (χ0n) is 7.71. The van der Waals surface area contributed by atoms with E-state index in [0.29, 0.717) is 0 Å². The standard InChI is InChI=1S/C9H17NO2/c1-9(8-12-9)2-3-10-4-6-11-7-5-10/h2-8H2,1H3. The first-order valence-electron chi connectivity index (χ1n) is 4.73. The molecule has 2 heterocycles. The lowest BCUT2D eigenvalue weighted by Crippen LogP contribution is -2.38. The van der Waals surface area contributed by atoms with Crippen LogP contribution in [-0.4, -0.2) is 50.0 Å². The fourth-order valence-electron chi connectivity index (χ4n) is 1.49. The molecule has 2 saturated heterocycles. The topological polar surface area (TPSA) is 25.0 Å². The first-order valence-corrected chi connectivity index (χ1v) is 4.73. The quantitative estimate of drug-likeness (QED) is 0.578. The van der Waals surface area contributed by atoms with Gasteiger partial charge in [0.15, 0.2) is 0 Å². The van der Waals surface area contributed by atoms with Gasteiger partial charge in [-0.3, -0.25) is 4.90 Å². The number of epoxide rings is 1. The molecule has 0 aromatic heterocycles. The molecule has 2 aliphatic heterocycles. The summed E-state index contributed by atoms with van der Waals surface area (Å²) in [7, 11) is 0. The average Bonchev–Trinajstić information content (AvgIpc) is 2.84. The van der Waals surface area contributed by atoms with Crippen molar-refractivity contribution in [2.45, 2.75) is 18.9 Å². The van der Waals surface area contributed by atoms with E-state index >= 15 is 0 Å². The van der Waals surface area contributed by atoms with Gasteiger partial charge in [-0.05, 0) is 13.3 Å². The first kappa shape index (κ1) is 8.48. The number of hydrogen-bond donors (Lipinski definition) is 0. The maximum absolute atomic E-state index is 5.33. The third kappa shape index (κ3) is 2.19. The molecule has 2 rings (SSSR count). The van der Waals surface area contributed by atoms with E-state index in [2.05, 4.69) is 11.8 Å². The van der Waals surface area contributed by atoms with Gasteiger partial charge in [-0.25, -0.2) is 0 Å². The lowest BCUT2D eigenvalue weighted by Gasteiger charge is -2.26. The summed E-state index contributed by atoms with van der Waals surface area (Å²) in [6.07, 6.45) is 1.17. The van der Waals surface area contributed by atoms with Crippen molar-refractivity contribution in [3.8, 4) is 0 Å². The van der Waals surface area contributed by atoms with E-state index in [0.717, 1.165) is 32.9 Å². The highest BCUT2D eigenvalue weighted by Crippen LogP contribution is 2.29. The second kappa shape index (κ2) is 3.32. The van der Waals surface area contributed by atoms with Crippen molar-refractivity contribution in [2.24, 2.45) is 0 Å².